The van der Waals surface area contributed by atoms with Crippen LogP contribution in [0.3, 0.4) is 0 Å². The molecular weight excluding hydrogens is 425 g/mol. The number of benzene rings is 2. The van der Waals surface area contributed by atoms with Gasteiger partial charge < -0.3 is 14.7 Å². The molecule has 0 unspecified atom stereocenters. The van der Waals surface area contributed by atoms with Crippen LogP contribution in [0.25, 0.3) is 21.8 Å². The lowest BCUT2D eigenvalue weighted by atomic mass is 10.1. The third-order valence-corrected chi connectivity index (χ3v) is 6.22. The maximum absolute atomic E-state index is 13.3. The van der Waals surface area contributed by atoms with Crippen LogP contribution in [-0.4, -0.2) is 31.0 Å². The summed E-state index contributed by atoms with van der Waals surface area (Å²) < 4.78 is 46.8. The summed E-state index contributed by atoms with van der Waals surface area (Å²) in [6.07, 6.45) is 1.36. The Balaban J connectivity index is 1.89. The van der Waals surface area contributed by atoms with Crippen molar-refractivity contribution in [3.63, 3.8) is 0 Å². The molecule has 31 heavy (non-hydrogen) atoms. The van der Waals surface area contributed by atoms with Crippen molar-refractivity contribution in [3.05, 3.63) is 69.9 Å². The van der Waals surface area contributed by atoms with Crippen molar-refractivity contribution >= 4 is 43.5 Å². The van der Waals surface area contributed by atoms with Crippen molar-refractivity contribution in [3.8, 4) is 0 Å². The van der Waals surface area contributed by atoms with E-state index >= 15 is 0 Å². The molecule has 10 heteroatoms. The lowest BCUT2D eigenvalue weighted by molar-refractivity contribution is 0.0529. The van der Waals surface area contributed by atoms with E-state index in [2.05, 4.69) is 14.7 Å². The fourth-order valence-corrected chi connectivity index (χ4v) is 4.55. The van der Waals surface area contributed by atoms with Crippen LogP contribution in [0, 0.1) is 12.7 Å². The number of anilines is 1. The molecule has 0 fully saturated rings. The van der Waals surface area contributed by atoms with E-state index in [9.17, 15) is 22.4 Å². The van der Waals surface area contributed by atoms with Crippen LogP contribution >= 0.6 is 0 Å². The standard InChI is InChI=1S/C21H18FN3O5S/c1-3-30-21(27)15-10-23-19-18(15)14-9-13(5-7-17(14)24-20(19)26)31(28,29)25-16-6-4-12(22)8-11(16)2/h4-10,23,25H,3H2,1-2H3,(H,24,26). The molecule has 2 heterocycles. The number of halogens is 1. The number of carbonyl (C=O) groups excluding carboxylic acids is 1. The summed E-state index contributed by atoms with van der Waals surface area (Å²) in [7, 11) is -4.04. The molecule has 0 saturated heterocycles. The second-order valence-corrected chi connectivity index (χ2v) is 8.58. The predicted molar refractivity (Wildman–Crippen MR) is 114 cm³/mol. The Morgan fingerprint density at radius 1 is 1.19 bits per heavy atom. The van der Waals surface area contributed by atoms with E-state index < -0.39 is 27.4 Å². The van der Waals surface area contributed by atoms with Crippen LogP contribution in [0.4, 0.5) is 10.1 Å². The van der Waals surface area contributed by atoms with Crippen LogP contribution in [0.1, 0.15) is 22.8 Å². The number of nitrogens with one attached hydrogen (secondary N) is 3. The molecule has 0 spiro atoms. The average molecular weight is 443 g/mol. The Morgan fingerprint density at radius 2 is 1.97 bits per heavy atom. The van der Waals surface area contributed by atoms with Gasteiger partial charge in [-0.2, -0.15) is 0 Å². The number of aryl methyl sites for hydroxylation is 1. The summed E-state index contributed by atoms with van der Waals surface area (Å²) >= 11 is 0. The molecule has 0 aliphatic rings. The second-order valence-electron chi connectivity index (χ2n) is 6.90. The molecule has 8 nitrogen and oxygen atoms in total. The zero-order valence-electron chi connectivity index (χ0n) is 16.6. The minimum absolute atomic E-state index is 0.0897. The smallest absolute Gasteiger partial charge is 0.340 e. The van der Waals surface area contributed by atoms with Gasteiger partial charge in [-0.3, -0.25) is 9.52 Å². The van der Waals surface area contributed by atoms with Crippen molar-refractivity contribution in [2.24, 2.45) is 0 Å². The zero-order chi connectivity index (χ0) is 22.3. The van der Waals surface area contributed by atoms with Crippen molar-refractivity contribution in [2.45, 2.75) is 18.7 Å². The number of hydrogen-bond donors (Lipinski definition) is 3. The van der Waals surface area contributed by atoms with Gasteiger partial charge in [0.05, 0.1) is 22.8 Å². The van der Waals surface area contributed by atoms with Crippen LogP contribution in [0.2, 0.25) is 0 Å². The highest BCUT2D eigenvalue weighted by Crippen LogP contribution is 2.28. The number of aromatic amines is 2. The SMILES string of the molecule is CCOC(=O)c1c[nH]c2c(=O)[nH]c3ccc(S(=O)(=O)Nc4ccc(F)cc4C)cc3c12. The van der Waals surface area contributed by atoms with Gasteiger partial charge in [-0.1, -0.05) is 0 Å². The molecule has 3 N–H and O–H groups in total. The molecule has 4 rings (SSSR count). The maximum atomic E-state index is 13.3. The number of rotatable bonds is 5. The van der Waals surface area contributed by atoms with Crippen LogP contribution in [0.5, 0.6) is 0 Å². The molecule has 0 amide bonds. The molecule has 0 atom stereocenters. The largest absolute Gasteiger partial charge is 0.462 e. The first-order chi connectivity index (χ1) is 14.7. The number of fused-ring (bicyclic) bond motifs is 3. The third-order valence-electron chi connectivity index (χ3n) is 4.85. The number of pyridine rings is 1. The highest BCUT2D eigenvalue weighted by Gasteiger charge is 2.21. The Hall–Kier alpha value is -3.66. The molecule has 0 bridgehead atoms. The first-order valence-corrected chi connectivity index (χ1v) is 10.8. The molecule has 2 aromatic heterocycles. The first-order valence-electron chi connectivity index (χ1n) is 9.34. The number of carbonyl (C=O) groups is 1. The monoisotopic (exact) mass is 443 g/mol. The van der Waals surface area contributed by atoms with Crippen molar-refractivity contribution in [2.75, 3.05) is 11.3 Å². The lowest BCUT2D eigenvalue weighted by Crippen LogP contribution is -2.14. The van der Waals surface area contributed by atoms with Gasteiger partial charge in [-0.25, -0.2) is 17.6 Å². The molecular formula is C21H18FN3O5S. The topological polar surface area (TPSA) is 121 Å². The number of hydrogen-bond acceptors (Lipinski definition) is 5. The van der Waals surface area contributed by atoms with E-state index in [0.717, 1.165) is 6.07 Å². The highest BCUT2D eigenvalue weighted by atomic mass is 32.2. The van der Waals surface area contributed by atoms with E-state index in [-0.39, 0.29) is 33.7 Å². The highest BCUT2D eigenvalue weighted by molar-refractivity contribution is 7.92. The van der Waals surface area contributed by atoms with E-state index in [4.69, 9.17) is 4.74 Å². The van der Waals surface area contributed by atoms with Gasteiger partial charge in [0.25, 0.3) is 15.6 Å². The van der Waals surface area contributed by atoms with E-state index in [1.54, 1.807) is 13.8 Å². The molecule has 0 radical (unpaired) electrons. The van der Waals surface area contributed by atoms with Crippen molar-refractivity contribution in [1.82, 2.24) is 9.97 Å². The lowest BCUT2D eigenvalue weighted by Gasteiger charge is -2.12. The Morgan fingerprint density at radius 3 is 2.68 bits per heavy atom. The van der Waals surface area contributed by atoms with Gasteiger partial charge in [0.1, 0.15) is 11.3 Å². The Kier molecular flexibility index (Phi) is 5.02. The van der Waals surface area contributed by atoms with Gasteiger partial charge >= 0.3 is 5.97 Å². The predicted octanol–water partition coefficient (Wildman–Crippen LogP) is 3.43. The first kappa shape index (κ1) is 20.6. The third kappa shape index (κ3) is 3.66. The average Bonchev–Trinajstić information content (AvgIpc) is 3.16. The van der Waals surface area contributed by atoms with E-state index in [1.165, 1.54) is 36.5 Å². The molecule has 2 aromatic carbocycles. The Bertz CT molecular complexity index is 1510. The molecule has 0 aliphatic heterocycles. The Labute approximate surface area is 176 Å². The van der Waals surface area contributed by atoms with Gasteiger partial charge in [-0.15, -0.1) is 0 Å². The van der Waals surface area contributed by atoms with Crippen LogP contribution < -0.4 is 10.3 Å². The maximum Gasteiger partial charge on any atom is 0.340 e. The zero-order valence-corrected chi connectivity index (χ0v) is 17.4. The molecule has 4 aromatic rings. The summed E-state index contributed by atoms with van der Waals surface area (Å²) in [5, 5.41) is 0.629. The fraction of sp³-hybridized carbons (Fsp3) is 0.143. The number of sulfonamides is 1. The minimum Gasteiger partial charge on any atom is -0.462 e. The van der Waals surface area contributed by atoms with Gasteiger partial charge in [0.2, 0.25) is 0 Å². The van der Waals surface area contributed by atoms with Gasteiger partial charge in [-0.05, 0) is 55.8 Å². The van der Waals surface area contributed by atoms with Gasteiger partial charge in [0, 0.05) is 22.5 Å². The van der Waals surface area contributed by atoms with Crippen LogP contribution in [-0.2, 0) is 14.8 Å². The number of ether oxygens (including phenoxy) is 1. The molecule has 0 saturated carbocycles. The summed E-state index contributed by atoms with van der Waals surface area (Å²) in [6.45, 7) is 3.39. The van der Waals surface area contributed by atoms with Crippen LogP contribution in [0.15, 0.2) is 52.3 Å². The number of aromatic nitrogens is 2. The van der Waals surface area contributed by atoms with E-state index in [1.807, 2.05) is 0 Å². The molecule has 160 valence electrons. The van der Waals surface area contributed by atoms with Gasteiger partial charge in [0.15, 0.2) is 0 Å². The van der Waals surface area contributed by atoms with Crippen molar-refractivity contribution in [1.29, 1.82) is 0 Å². The minimum atomic E-state index is -4.04. The fourth-order valence-electron chi connectivity index (χ4n) is 3.39. The summed E-state index contributed by atoms with van der Waals surface area (Å²) in [4.78, 5) is 30.1. The normalized spacial score (nSPS) is 11.7. The second kappa shape index (κ2) is 7.55. The van der Waals surface area contributed by atoms with Crippen molar-refractivity contribution < 1.29 is 22.3 Å². The summed E-state index contributed by atoms with van der Waals surface area (Å²) in [6, 6.07) is 7.87. The summed E-state index contributed by atoms with van der Waals surface area (Å²) in [5.74, 6) is -1.11. The summed E-state index contributed by atoms with van der Waals surface area (Å²) in [5.41, 5.74) is 0.832. The quantitative estimate of drug-likeness (QED) is 0.408. The number of esters is 1. The van der Waals surface area contributed by atoms with E-state index in [0.29, 0.717) is 16.5 Å². The number of H-pyrrole nitrogens is 2. The molecule has 0 aliphatic carbocycles.